The standard InChI is InChI=1S/C14H13N7O/c1-9-7-10(2)21-14(17-9)18-12(20-21)13(22)19-16-8-11-3-5-15-6-4-11/h3-8H,1-2H3,(H,19,22)/b16-8+. The van der Waals surface area contributed by atoms with Gasteiger partial charge in [-0.3, -0.25) is 9.78 Å². The van der Waals surface area contributed by atoms with Crippen molar-refractivity contribution in [2.75, 3.05) is 0 Å². The van der Waals surface area contributed by atoms with Gasteiger partial charge in [-0.25, -0.2) is 14.9 Å². The Hall–Kier alpha value is -3.16. The molecule has 3 heterocycles. The Balaban J connectivity index is 1.78. The Morgan fingerprint density at radius 2 is 2.05 bits per heavy atom. The number of hydrogen-bond donors (Lipinski definition) is 1. The molecule has 0 spiro atoms. The zero-order chi connectivity index (χ0) is 15.5. The lowest BCUT2D eigenvalue weighted by Crippen LogP contribution is -2.19. The Kier molecular flexibility index (Phi) is 3.57. The van der Waals surface area contributed by atoms with Gasteiger partial charge in [-0.2, -0.15) is 10.1 Å². The molecule has 0 radical (unpaired) electrons. The fraction of sp³-hybridized carbons (Fsp3) is 0.143. The highest BCUT2D eigenvalue weighted by molar-refractivity contribution is 5.91. The van der Waals surface area contributed by atoms with Gasteiger partial charge in [-0.05, 0) is 37.6 Å². The first-order valence-electron chi connectivity index (χ1n) is 6.58. The molecule has 22 heavy (non-hydrogen) atoms. The number of rotatable bonds is 3. The first kappa shape index (κ1) is 13.8. The van der Waals surface area contributed by atoms with Crippen LogP contribution in [0.3, 0.4) is 0 Å². The molecule has 8 nitrogen and oxygen atoms in total. The molecular weight excluding hydrogens is 282 g/mol. The Bertz CT molecular complexity index is 854. The van der Waals surface area contributed by atoms with Crippen LogP contribution in [0.15, 0.2) is 35.7 Å². The summed E-state index contributed by atoms with van der Waals surface area (Å²) in [6, 6.07) is 5.41. The summed E-state index contributed by atoms with van der Waals surface area (Å²) in [7, 11) is 0. The van der Waals surface area contributed by atoms with Gasteiger partial charge in [0.2, 0.25) is 5.82 Å². The first-order chi connectivity index (χ1) is 10.6. The third kappa shape index (κ3) is 2.80. The second-order valence-electron chi connectivity index (χ2n) is 4.67. The minimum atomic E-state index is -0.493. The molecule has 3 aromatic rings. The smallest absolute Gasteiger partial charge is 0.265 e. The third-order valence-electron chi connectivity index (χ3n) is 2.91. The number of aryl methyl sites for hydroxylation is 2. The van der Waals surface area contributed by atoms with Crippen LogP contribution in [0.1, 0.15) is 27.6 Å². The van der Waals surface area contributed by atoms with E-state index in [1.807, 2.05) is 19.9 Å². The second kappa shape index (κ2) is 5.68. The number of nitrogens with zero attached hydrogens (tertiary/aromatic N) is 6. The van der Waals surface area contributed by atoms with Gasteiger partial charge >= 0.3 is 5.91 Å². The second-order valence-corrected chi connectivity index (χ2v) is 4.67. The molecule has 3 aromatic heterocycles. The quantitative estimate of drug-likeness (QED) is 0.572. The minimum Gasteiger partial charge on any atom is -0.265 e. The van der Waals surface area contributed by atoms with E-state index in [1.165, 1.54) is 10.7 Å². The van der Waals surface area contributed by atoms with Gasteiger partial charge in [0.15, 0.2) is 0 Å². The van der Waals surface area contributed by atoms with Crippen molar-refractivity contribution < 1.29 is 4.79 Å². The number of carbonyl (C=O) groups is 1. The summed E-state index contributed by atoms with van der Waals surface area (Å²) in [4.78, 5) is 24.2. The van der Waals surface area contributed by atoms with Crippen molar-refractivity contribution in [1.29, 1.82) is 0 Å². The van der Waals surface area contributed by atoms with Gasteiger partial charge in [-0.1, -0.05) is 0 Å². The van der Waals surface area contributed by atoms with E-state index in [1.54, 1.807) is 24.5 Å². The number of hydrogen-bond acceptors (Lipinski definition) is 6. The zero-order valence-electron chi connectivity index (χ0n) is 12.1. The van der Waals surface area contributed by atoms with E-state index in [0.717, 1.165) is 17.0 Å². The molecule has 0 aliphatic carbocycles. The van der Waals surface area contributed by atoms with Crippen molar-refractivity contribution >= 4 is 17.9 Å². The van der Waals surface area contributed by atoms with Crippen LogP contribution in [0.2, 0.25) is 0 Å². The van der Waals surface area contributed by atoms with Crippen LogP contribution in [0.4, 0.5) is 0 Å². The van der Waals surface area contributed by atoms with Crippen molar-refractivity contribution in [3.63, 3.8) is 0 Å². The molecular formula is C14H13N7O. The van der Waals surface area contributed by atoms with Gasteiger partial charge in [-0.15, -0.1) is 5.10 Å². The number of aromatic nitrogens is 5. The van der Waals surface area contributed by atoms with Crippen LogP contribution in [0.25, 0.3) is 5.78 Å². The minimum absolute atomic E-state index is 0.0214. The Morgan fingerprint density at radius 3 is 2.82 bits per heavy atom. The van der Waals surface area contributed by atoms with Crippen LogP contribution < -0.4 is 5.43 Å². The van der Waals surface area contributed by atoms with E-state index in [2.05, 4.69) is 30.6 Å². The average molecular weight is 295 g/mol. The lowest BCUT2D eigenvalue weighted by atomic mass is 10.3. The maximum atomic E-state index is 12.0. The predicted molar refractivity (Wildman–Crippen MR) is 79.6 cm³/mol. The molecule has 0 aliphatic rings. The van der Waals surface area contributed by atoms with Crippen LogP contribution in [0, 0.1) is 13.8 Å². The monoisotopic (exact) mass is 295 g/mol. The maximum absolute atomic E-state index is 12.0. The normalized spacial score (nSPS) is 11.2. The lowest BCUT2D eigenvalue weighted by molar-refractivity contribution is 0.0945. The maximum Gasteiger partial charge on any atom is 0.311 e. The molecule has 0 bridgehead atoms. The predicted octanol–water partition coefficient (Wildman–Crippen LogP) is 0.900. The van der Waals surface area contributed by atoms with Crippen molar-refractivity contribution in [1.82, 2.24) is 30.0 Å². The fourth-order valence-corrected chi connectivity index (χ4v) is 1.93. The summed E-state index contributed by atoms with van der Waals surface area (Å²) < 4.78 is 1.52. The Morgan fingerprint density at radius 1 is 1.27 bits per heavy atom. The number of hydrazone groups is 1. The summed E-state index contributed by atoms with van der Waals surface area (Å²) in [5.74, 6) is -0.0818. The van der Waals surface area contributed by atoms with Crippen LogP contribution in [-0.2, 0) is 0 Å². The number of amides is 1. The van der Waals surface area contributed by atoms with Gasteiger partial charge in [0.25, 0.3) is 5.78 Å². The third-order valence-corrected chi connectivity index (χ3v) is 2.91. The first-order valence-corrected chi connectivity index (χ1v) is 6.58. The molecule has 0 saturated heterocycles. The molecule has 8 heteroatoms. The SMILES string of the molecule is Cc1cc(C)n2nc(C(=O)N/N=C/c3ccncc3)nc2n1. The van der Waals surface area contributed by atoms with Gasteiger partial charge in [0.05, 0.1) is 6.21 Å². The van der Waals surface area contributed by atoms with Crippen molar-refractivity contribution in [3.05, 3.63) is 53.4 Å². The Labute approximate surface area is 125 Å². The molecule has 0 unspecified atom stereocenters. The van der Waals surface area contributed by atoms with Gasteiger partial charge in [0.1, 0.15) is 0 Å². The highest BCUT2D eigenvalue weighted by Crippen LogP contribution is 2.05. The van der Waals surface area contributed by atoms with E-state index in [-0.39, 0.29) is 5.82 Å². The number of fused-ring (bicyclic) bond motifs is 1. The van der Waals surface area contributed by atoms with Gasteiger partial charge < -0.3 is 0 Å². The topological polar surface area (TPSA) is 97.4 Å². The molecule has 0 atom stereocenters. The summed E-state index contributed by atoms with van der Waals surface area (Å²) in [5, 5.41) is 7.99. The van der Waals surface area contributed by atoms with E-state index in [4.69, 9.17) is 0 Å². The highest BCUT2D eigenvalue weighted by Gasteiger charge is 2.14. The molecule has 0 aliphatic heterocycles. The number of pyridine rings is 1. The van der Waals surface area contributed by atoms with Crippen molar-refractivity contribution in [2.45, 2.75) is 13.8 Å². The summed E-state index contributed by atoms with van der Waals surface area (Å²) in [6.07, 6.45) is 4.80. The molecule has 0 saturated carbocycles. The molecule has 1 amide bonds. The highest BCUT2D eigenvalue weighted by atomic mass is 16.2. The molecule has 1 N–H and O–H groups in total. The van der Waals surface area contributed by atoms with E-state index in [9.17, 15) is 4.79 Å². The molecule has 3 rings (SSSR count). The summed E-state index contributed by atoms with van der Waals surface area (Å²) >= 11 is 0. The summed E-state index contributed by atoms with van der Waals surface area (Å²) in [6.45, 7) is 3.74. The van der Waals surface area contributed by atoms with Crippen LogP contribution in [0.5, 0.6) is 0 Å². The lowest BCUT2D eigenvalue weighted by Gasteiger charge is -1.97. The molecule has 0 fully saturated rings. The van der Waals surface area contributed by atoms with Crippen LogP contribution in [-0.4, -0.2) is 36.7 Å². The average Bonchev–Trinajstić information content (AvgIpc) is 2.92. The van der Waals surface area contributed by atoms with E-state index < -0.39 is 5.91 Å². The van der Waals surface area contributed by atoms with Crippen molar-refractivity contribution in [2.24, 2.45) is 5.10 Å². The fourth-order valence-electron chi connectivity index (χ4n) is 1.93. The number of nitrogens with one attached hydrogen (secondary N) is 1. The zero-order valence-corrected chi connectivity index (χ0v) is 12.1. The molecule has 0 aromatic carbocycles. The van der Waals surface area contributed by atoms with E-state index in [0.29, 0.717) is 5.78 Å². The largest absolute Gasteiger partial charge is 0.311 e. The van der Waals surface area contributed by atoms with Crippen molar-refractivity contribution in [3.8, 4) is 0 Å². The molecule has 110 valence electrons. The van der Waals surface area contributed by atoms with E-state index >= 15 is 0 Å². The number of carbonyl (C=O) groups excluding carboxylic acids is 1. The summed E-state index contributed by atoms with van der Waals surface area (Å²) in [5.41, 5.74) is 4.89. The van der Waals surface area contributed by atoms with Crippen LogP contribution >= 0.6 is 0 Å². The van der Waals surface area contributed by atoms with Gasteiger partial charge in [0, 0.05) is 23.8 Å².